The molecule has 0 spiro atoms. The number of thioether (sulfide) groups is 1. The van der Waals surface area contributed by atoms with Crippen LogP contribution in [0.15, 0.2) is 46.3 Å². The van der Waals surface area contributed by atoms with E-state index in [0.717, 1.165) is 16.2 Å². The number of carbonyl (C=O) groups is 1. The molecule has 0 saturated carbocycles. The zero-order valence-corrected chi connectivity index (χ0v) is 16.7. The summed E-state index contributed by atoms with van der Waals surface area (Å²) in [6.07, 6.45) is 0.359. The van der Waals surface area contributed by atoms with Crippen LogP contribution in [0.4, 0.5) is 4.39 Å². The van der Waals surface area contributed by atoms with E-state index in [-0.39, 0.29) is 11.7 Å². The highest BCUT2D eigenvalue weighted by Crippen LogP contribution is 2.25. The van der Waals surface area contributed by atoms with Crippen molar-refractivity contribution in [2.75, 3.05) is 5.75 Å². The SMILES string of the molecule is CCn1c(=NC(=O)CCSc2ccc(F)cc2)sc2c(C)ccc(C)c21. The zero-order chi connectivity index (χ0) is 18.7. The number of nitrogens with zero attached hydrogens (tertiary/aromatic N) is 2. The van der Waals surface area contributed by atoms with Crippen LogP contribution in [0.25, 0.3) is 10.2 Å². The number of hydrogen-bond acceptors (Lipinski definition) is 3. The van der Waals surface area contributed by atoms with Crippen LogP contribution >= 0.6 is 23.1 Å². The minimum Gasteiger partial charge on any atom is -0.316 e. The monoisotopic (exact) mass is 388 g/mol. The van der Waals surface area contributed by atoms with Crippen molar-refractivity contribution in [3.63, 3.8) is 0 Å². The van der Waals surface area contributed by atoms with Gasteiger partial charge in [0.25, 0.3) is 0 Å². The second-order valence-corrected chi connectivity index (χ2v) is 8.21. The molecule has 3 rings (SSSR count). The first kappa shape index (κ1) is 18.9. The third-order valence-corrected chi connectivity index (χ3v) is 6.39. The normalized spacial score (nSPS) is 12.1. The molecule has 1 aromatic heterocycles. The summed E-state index contributed by atoms with van der Waals surface area (Å²) in [6, 6.07) is 10.5. The van der Waals surface area contributed by atoms with Gasteiger partial charge in [0.2, 0.25) is 5.91 Å². The van der Waals surface area contributed by atoms with Gasteiger partial charge < -0.3 is 4.57 Å². The Bertz CT molecular complexity index is 1000. The Morgan fingerprint density at radius 3 is 2.54 bits per heavy atom. The molecule has 0 unspecified atom stereocenters. The highest BCUT2D eigenvalue weighted by atomic mass is 32.2. The van der Waals surface area contributed by atoms with Gasteiger partial charge in [-0.2, -0.15) is 4.99 Å². The van der Waals surface area contributed by atoms with Gasteiger partial charge in [0.15, 0.2) is 4.80 Å². The van der Waals surface area contributed by atoms with Crippen LogP contribution in [0.1, 0.15) is 24.5 Å². The van der Waals surface area contributed by atoms with Crippen molar-refractivity contribution in [3.05, 3.63) is 58.1 Å². The van der Waals surface area contributed by atoms with Gasteiger partial charge in [-0.3, -0.25) is 4.79 Å². The molecule has 0 N–H and O–H groups in total. The number of fused-ring (bicyclic) bond motifs is 1. The predicted molar refractivity (Wildman–Crippen MR) is 107 cm³/mol. The maximum Gasteiger partial charge on any atom is 0.249 e. The molecule has 0 fully saturated rings. The smallest absolute Gasteiger partial charge is 0.249 e. The van der Waals surface area contributed by atoms with Crippen LogP contribution in [0.5, 0.6) is 0 Å². The minimum absolute atomic E-state index is 0.122. The summed E-state index contributed by atoms with van der Waals surface area (Å²) in [5.74, 6) is 0.256. The molecular weight excluding hydrogens is 367 g/mol. The van der Waals surface area contributed by atoms with Gasteiger partial charge in [-0.1, -0.05) is 23.5 Å². The fourth-order valence-corrected chi connectivity index (χ4v) is 4.90. The summed E-state index contributed by atoms with van der Waals surface area (Å²) in [6.45, 7) is 7.03. The quantitative estimate of drug-likeness (QED) is 0.571. The summed E-state index contributed by atoms with van der Waals surface area (Å²) in [7, 11) is 0. The first-order chi connectivity index (χ1) is 12.5. The van der Waals surface area contributed by atoms with E-state index in [1.165, 1.54) is 45.2 Å². The van der Waals surface area contributed by atoms with Gasteiger partial charge in [0, 0.05) is 23.6 Å². The molecule has 0 aliphatic heterocycles. The van der Waals surface area contributed by atoms with Gasteiger partial charge in [0.05, 0.1) is 10.2 Å². The molecule has 0 bridgehead atoms. The Kier molecular flexibility index (Phi) is 5.94. The van der Waals surface area contributed by atoms with Crippen LogP contribution in [0.2, 0.25) is 0 Å². The van der Waals surface area contributed by atoms with Gasteiger partial charge in [0.1, 0.15) is 5.82 Å². The predicted octanol–water partition coefficient (Wildman–Crippen LogP) is 5.09. The van der Waals surface area contributed by atoms with Crippen molar-refractivity contribution in [3.8, 4) is 0 Å². The summed E-state index contributed by atoms with van der Waals surface area (Å²) < 4.78 is 16.2. The molecule has 26 heavy (non-hydrogen) atoms. The van der Waals surface area contributed by atoms with E-state index in [9.17, 15) is 9.18 Å². The topological polar surface area (TPSA) is 34.4 Å². The lowest BCUT2D eigenvalue weighted by molar-refractivity contribution is -0.117. The van der Waals surface area contributed by atoms with Gasteiger partial charge in [-0.05, 0) is 56.2 Å². The second-order valence-electron chi connectivity index (χ2n) is 6.06. The van der Waals surface area contributed by atoms with Crippen molar-refractivity contribution in [1.82, 2.24) is 4.57 Å². The second kappa shape index (κ2) is 8.18. The maximum absolute atomic E-state index is 12.9. The molecule has 2 aromatic carbocycles. The van der Waals surface area contributed by atoms with E-state index in [4.69, 9.17) is 0 Å². The summed E-state index contributed by atoms with van der Waals surface area (Å²) in [5.41, 5.74) is 3.58. The molecule has 0 saturated heterocycles. The number of thiazole rings is 1. The summed E-state index contributed by atoms with van der Waals surface area (Å²) in [4.78, 5) is 18.4. The molecule has 0 aliphatic carbocycles. The molecule has 6 heteroatoms. The van der Waals surface area contributed by atoms with E-state index in [2.05, 4.69) is 42.5 Å². The Labute approximate surface area is 160 Å². The van der Waals surface area contributed by atoms with Crippen molar-refractivity contribution in [2.45, 2.75) is 38.6 Å². The Hall–Kier alpha value is -1.92. The molecule has 0 atom stereocenters. The van der Waals surface area contributed by atoms with E-state index in [1.54, 1.807) is 23.5 Å². The molecule has 0 aliphatic rings. The van der Waals surface area contributed by atoms with Crippen LogP contribution in [-0.4, -0.2) is 16.2 Å². The average molecular weight is 389 g/mol. The van der Waals surface area contributed by atoms with E-state index in [1.807, 2.05) is 0 Å². The lowest BCUT2D eigenvalue weighted by Crippen LogP contribution is -2.16. The van der Waals surface area contributed by atoms with Crippen LogP contribution in [0.3, 0.4) is 0 Å². The Morgan fingerprint density at radius 2 is 1.85 bits per heavy atom. The van der Waals surface area contributed by atoms with Gasteiger partial charge in [-0.25, -0.2) is 4.39 Å². The molecule has 3 aromatic rings. The van der Waals surface area contributed by atoms with Crippen molar-refractivity contribution >= 4 is 39.2 Å². The third-order valence-electron chi connectivity index (χ3n) is 4.16. The number of hydrogen-bond donors (Lipinski definition) is 0. The largest absolute Gasteiger partial charge is 0.316 e. The third kappa shape index (κ3) is 4.07. The number of aryl methyl sites for hydroxylation is 3. The van der Waals surface area contributed by atoms with Crippen molar-refractivity contribution in [2.24, 2.45) is 4.99 Å². The standard InChI is InChI=1S/C20H21FN2OS2/c1-4-23-18-13(2)5-6-14(3)19(18)26-20(23)22-17(24)11-12-25-16-9-7-15(21)8-10-16/h5-10H,4,11-12H2,1-3H3. The van der Waals surface area contributed by atoms with Crippen molar-refractivity contribution < 1.29 is 9.18 Å². The number of rotatable bonds is 5. The van der Waals surface area contributed by atoms with Gasteiger partial charge >= 0.3 is 0 Å². The molecular formula is C20H21FN2OS2. The molecule has 1 amide bonds. The van der Waals surface area contributed by atoms with Crippen molar-refractivity contribution in [1.29, 1.82) is 0 Å². The number of benzene rings is 2. The van der Waals surface area contributed by atoms with Crippen LogP contribution in [-0.2, 0) is 11.3 Å². The number of amides is 1. The molecule has 136 valence electrons. The first-order valence-corrected chi connectivity index (χ1v) is 10.3. The molecule has 1 heterocycles. The first-order valence-electron chi connectivity index (χ1n) is 8.55. The fraction of sp³-hybridized carbons (Fsp3) is 0.300. The van der Waals surface area contributed by atoms with Crippen LogP contribution in [0, 0.1) is 19.7 Å². The molecule has 3 nitrogen and oxygen atoms in total. The zero-order valence-electron chi connectivity index (χ0n) is 15.1. The van der Waals surface area contributed by atoms with Gasteiger partial charge in [-0.15, -0.1) is 11.8 Å². The number of aromatic nitrogens is 1. The van der Waals surface area contributed by atoms with E-state index in [0.29, 0.717) is 12.2 Å². The Morgan fingerprint density at radius 1 is 1.15 bits per heavy atom. The molecule has 0 radical (unpaired) electrons. The lowest BCUT2D eigenvalue weighted by Gasteiger charge is -2.04. The number of carbonyl (C=O) groups excluding carboxylic acids is 1. The Balaban J connectivity index is 1.78. The highest BCUT2D eigenvalue weighted by Gasteiger charge is 2.11. The summed E-state index contributed by atoms with van der Waals surface area (Å²) in [5, 5.41) is 0. The summed E-state index contributed by atoms with van der Waals surface area (Å²) >= 11 is 3.11. The van der Waals surface area contributed by atoms with E-state index >= 15 is 0 Å². The minimum atomic E-state index is -0.250. The maximum atomic E-state index is 12.9. The van der Waals surface area contributed by atoms with E-state index < -0.39 is 0 Å². The highest BCUT2D eigenvalue weighted by molar-refractivity contribution is 7.99. The fourth-order valence-electron chi connectivity index (χ4n) is 2.80. The van der Waals surface area contributed by atoms with Crippen LogP contribution < -0.4 is 4.80 Å². The number of halogens is 1. The average Bonchev–Trinajstić information content (AvgIpc) is 2.99. The lowest BCUT2D eigenvalue weighted by atomic mass is 10.1.